The molecule has 120 valence electrons. The molecule has 0 amide bonds. The number of esters is 1. The first kappa shape index (κ1) is 16.0. The molecule has 2 aromatic carbocycles. The van der Waals surface area contributed by atoms with E-state index in [2.05, 4.69) is 6.07 Å². The zero-order valence-corrected chi connectivity index (χ0v) is 13.4. The second kappa shape index (κ2) is 6.34. The molecular weight excluding hydrogens is 331 g/mol. The Bertz CT molecular complexity index is 975. The van der Waals surface area contributed by atoms with Crippen LogP contribution >= 0.6 is 11.6 Å². The van der Waals surface area contributed by atoms with Gasteiger partial charge in [-0.25, -0.2) is 9.18 Å². The maximum atomic E-state index is 13.3. The molecule has 4 nitrogen and oxygen atoms in total. The number of aromatic nitrogens is 1. The number of methoxy groups -OCH3 is 1. The Kier molecular flexibility index (Phi) is 4.24. The Hall–Kier alpha value is -2.84. The van der Waals surface area contributed by atoms with Gasteiger partial charge in [0.1, 0.15) is 5.82 Å². The van der Waals surface area contributed by atoms with Crippen molar-refractivity contribution in [3.05, 3.63) is 70.6 Å². The number of nitriles is 1. The summed E-state index contributed by atoms with van der Waals surface area (Å²) < 4.78 is 19.9. The van der Waals surface area contributed by atoms with Crippen molar-refractivity contribution in [2.45, 2.75) is 6.04 Å². The molecule has 6 heteroatoms. The molecule has 0 radical (unpaired) electrons. The average Bonchev–Trinajstić information content (AvgIpc) is 2.99. The van der Waals surface area contributed by atoms with E-state index in [1.807, 2.05) is 0 Å². The van der Waals surface area contributed by atoms with Gasteiger partial charge in [0.15, 0.2) is 6.04 Å². The van der Waals surface area contributed by atoms with Crippen molar-refractivity contribution >= 4 is 28.5 Å². The van der Waals surface area contributed by atoms with Crippen LogP contribution in [0.5, 0.6) is 0 Å². The third-order valence-corrected chi connectivity index (χ3v) is 4.14. The molecule has 1 heterocycles. The first-order valence-corrected chi connectivity index (χ1v) is 7.46. The van der Waals surface area contributed by atoms with E-state index in [-0.39, 0.29) is 5.02 Å². The zero-order valence-electron chi connectivity index (χ0n) is 12.7. The number of rotatable bonds is 3. The van der Waals surface area contributed by atoms with Crippen LogP contribution < -0.4 is 0 Å². The molecule has 0 spiro atoms. The van der Waals surface area contributed by atoms with E-state index >= 15 is 0 Å². The lowest BCUT2D eigenvalue weighted by Crippen LogP contribution is -2.22. The van der Waals surface area contributed by atoms with Crippen molar-refractivity contribution in [1.29, 1.82) is 5.26 Å². The number of carbonyl (C=O) groups is 1. The van der Waals surface area contributed by atoms with Crippen molar-refractivity contribution in [3.8, 4) is 6.07 Å². The predicted molar refractivity (Wildman–Crippen MR) is 88.2 cm³/mol. The highest BCUT2D eigenvalue weighted by Gasteiger charge is 2.27. The normalized spacial score (nSPS) is 11.9. The molecule has 0 aliphatic heterocycles. The molecule has 1 aromatic heterocycles. The van der Waals surface area contributed by atoms with Gasteiger partial charge in [0.25, 0.3) is 0 Å². The SMILES string of the molecule is COC(=O)C(c1ccc(F)cc1Cl)n1ccc2cc(C#N)ccc21. The van der Waals surface area contributed by atoms with Gasteiger partial charge in [0, 0.05) is 27.7 Å². The fraction of sp³-hybridized carbons (Fsp3) is 0.111. The van der Waals surface area contributed by atoms with E-state index in [0.29, 0.717) is 11.1 Å². The van der Waals surface area contributed by atoms with Gasteiger partial charge in [-0.2, -0.15) is 5.26 Å². The maximum Gasteiger partial charge on any atom is 0.333 e. The predicted octanol–water partition coefficient (Wildman–Crippen LogP) is 4.07. The van der Waals surface area contributed by atoms with Gasteiger partial charge < -0.3 is 9.30 Å². The summed E-state index contributed by atoms with van der Waals surface area (Å²) in [5.74, 6) is -1.01. The standard InChI is InChI=1S/C18H12ClFN2O2/c1-24-18(23)17(14-4-3-13(20)9-15(14)19)22-7-6-12-8-11(10-21)2-5-16(12)22/h2-9,17H,1H3. The molecule has 1 unspecified atom stereocenters. The van der Waals surface area contributed by atoms with Crippen LogP contribution in [-0.4, -0.2) is 17.6 Å². The van der Waals surface area contributed by atoms with Crippen molar-refractivity contribution in [2.24, 2.45) is 0 Å². The van der Waals surface area contributed by atoms with Crippen molar-refractivity contribution < 1.29 is 13.9 Å². The van der Waals surface area contributed by atoms with E-state index < -0.39 is 17.8 Å². The summed E-state index contributed by atoms with van der Waals surface area (Å²) in [5.41, 5.74) is 1.70. The van der Waals surface area contributed by atoms with Crippen LogP contribution in [0.1, 0.15) is 17.2 Å². The van der Waals surface area contributed by atoms with Crippen LogP contribution in [-0.2, 0) is 9.53 Å². The van der Waals surface area contributed by atoms with Gasteiger partial charge in [-0.1, -0.05) is 17.7 Å². The number of benzene rings is 2. The van der Waals surface area contributed by atoms with Gasteiger partial charge in [0.2, 0.25) is 0 Å². The first-order valence-electron chi connectivity index (χ1n) is 7.08. The highest BCUT2D eigenvalue weighted by molar-refractivity contribution is 6.31. The monoisotopic (exact) mass is 342 g/mol. The lowest BCUT2D eigenvalue weighted by Gasteiger charge is -2.19. The van der Waals surface area contributed by atoms with E-state index in [0.717, 1.165) is 17.0 Å². The fourth-order valence-corrected chi connectivity index (χ4v) is 2.95. The molecule has 0 bridgehead atoms. The van der Waals surface area contributed by atoms with Crippen LogP contribution in [0, 0.1) is 17.1 Å². The molecule has 3 rings (SSSR count). The number of fused-ring (bicyclic) bond motifs is 1. The first-order chi connectivity index (χ1) is 11.5. The summed E-state index contributed by atoms with van der Waals surface area (Å²) in [6.07, 6.45) is 1.72. The molecule has 0 N–H and O–H groups in total. The Labute approximate surface area is 142 Å². The van der Waals surface area contributed by atoms with E-state index in [4.69, 9.17) is 21.6 Å². The van der Waals surface area contributed by atoms with Crippen molar-refractivity contribution in [1.82, 2.24) is 4.57 Å². The number of halogens is 2. The summed E-state index contributed by atoms with van der Waals surface area (Å²) >= 11 is 6.14. The zero-order chi connectivity index (χ0) is 17.3. The maximum absolute atomic E-state index is 13.3. The lowest BCUT2D eigenvalue weighted by molar-refractivity contribution is -0.143. The number of hydrogen-bond donors (Lipinski definition) is 0. The lowest BCUT2D eigenvalue weighted by atomic mass is 10.1. The smallest absolute Gasteiger partial charge is 0.333 e. The van der Waals surface area contributed by atoms with Gasteiger partial charge in [-0.3, -0.25) is 0 Å². The number of hydrogen-bond acceptors (Lipinski definition) is 3. The number of carbonyl (C=O) groups excluding carboxylic acids is 1. The molecule has 0 aliphatic carbocycles. The molecule has 1 atom stereocenters. The quantitative estimate of drug-likeness (QED) is 0.674. The third-order valence-electron chi connectivity index (χ3n) is 3.81. The minimum atomic E-state index is -0.853. The molecule has 3 aromatic rings. The molecule has 0 fully saturated rings. The second-order valence-corrected chi connectivity index (χ2v) is 5.61. The van der Waals surface area contributed by atoms with Crippen LogP contribution in [0.15, 0.2) is 48.7 Å². The molecule has 0 saturated heterocycles. The van der Waals surface area contributed by atoms with Gasteiger partial charge in [-0.15, -0.1) is 0 Å². The van der Waals surface area contributed by atoms with Crippen LogP contribution in [0.25, 0.3) is 10.9 Å². The second-order valence-electron chi connectivity index (χ2n) is 5.20. The Morgan fingerprint density at radius 3 is 2.75 bits per heavy atom. The molecule has 0 saturated carbocycles. The minimum absolute atomic E-state index is 0.140. The summed E-state index contributed by atoms with van der Waals surface area (Å²) in [5, 5.41) is 9.94. The van der Waals surface area contributed by atoms with Crippen molar-refractivity contribution in [2.75, 3.05) is 7.11 Å². The number of ether oxygens (including phenoxy) is 1. The Morgan fingerprint density at radius 2 is 2.08 bits per heavy atom. The van der Waals surface area contributed by atoms with Crippen LogP contribution in [0.4, 0.5) is 4.39 Å². The van der Waals surface area contributed by atoms with E-state index in [1.54, 1.807) is 35.0 Å². The minimum Gasteiger partial charge on any atom is -0.467 e. The van der Waals surface area contributed by atoms with Gasteiger partial charge >= 0.3 is 5.97 Å². The molecule has 24 heavy (non-hydrogen) atoms. The molecule has 0 aliphatic rings. The largest absolute Gasteiger partial charge is 0.467 e. The summed E-state index contributed by atoms with van der Waals surface area (Å²) in [7, 11) is 1.28. The van der Waals surface area contributed by atoms with Crippen LogP contribution in [0.3, 0.4) is 0 Å². The Balaban J connectivity index is 2.20. The van der Waals surface area contributed by atoms with E-state index in [9.17, 15) is 9.18 Å². The highest BCUT2D eigenvalue weighted by atomic mass is 35.5. The highest BCUT2D eigenvalue weighted by Crippen LogP contribution is 2.31. The van der Waals surface area contributed by atoms with Gasteiger partial charge in [-0.05, 0) is 36.4 Å². The Morgan fingerprint density at radius 1 is 1.29 bits per heavy atom. The third kappa shape index (κ3) is 2.72. The fourth-order valence-electron chi connectivity index (χ4n) is 2.68. The summed E-state index contributed by atoms with van der Waals surface area (Å²) in [4.78, 5) is 12.4. The summed E-state index contributed by atoms with van der Waals surface area (Å²) in [6.45, 7) is 0. The van der Waals surface area contributed by atoms with Crippen molar-refractivity contribution in [3.63, 3.8) is 0 Å². The van der Waals surface area contributed by atoms with E-state index in [1.165, 1.54) is 19.2 Å². The summed E-state index contributed by atoms with van der Waals surface area (Å²) in [6, 6.07) is 12.0. The number of nitrogens with zero attached hydrogens (tertiary/aromatic N) is 2. The topological polar surface area (TPSA) is 55.0 Å². The van der Waals surface area contributed by atoms with Gasteiger partial charge in [0.05, 0.1) is 18.7 Å². The average molecular weight is 343 g/mol. The molecular formula is C18H12ClFN2O2. The van der Waals surface area contributed by atoms with Crippen LogP contribution in [0.2, 0.25) is 5.02 Å².